The standard InChI is InChI=1S/C18H31N3/c1-4-15-8-7-12-21(13-11-15)16-9-10-18(20-14-16)17(5-2)19-6-3/h9-10,14-15,17,19H,4-8,11-13H2,1-3H3. The van der Waals surface area contributed by atoms with Crippen LogP contribution in [0.4, 0.5) is 5.69 Å². The summed E-state index contributed by atoms with van der Waals surface area (Å²) in [5, 5.41) is 3.49. The van der Waals surface area contributed by atoms with E-state index in [0.717, 1.165) is 18.9 Å². The zero-order valence-corrected chi connectivity index (χ0v) is 13.9. The lowest BCUT2D eigenvalue weighted by molar-refractivity contribution is 0.459. The molecule has 0 bridgehead atoms. The van der Waals surface area contributed by atoms with Gasteiger partial charge in [-0.25, -0.2) is 0 Å². The second-order valence-corrected chi connectivity index (χ2v) is 6.15. The third-order valence-electron chi connectivity index (χ3n) is 4.78. The van der Waals surface area contributed by atoms with Gasteiger partial charge in [0.25, 0.3) is 0 Å². The molecule has 0 aliphatic carbocycles. The van der Waals surface area contributed by atoms with Gasteiger partial charge in [0.2, 0.25) is 0 Å². The molecule has 1 aliphatic heterocycles. The number of pyridine rings is 1. The number of hydrogen-bond donors (Lipinski definition) is 1. The van der Waals surface area contributed by atoms with Crippen LogP contribution in [0.25, 0.3) is 0 Å². The minimum atomic E-state index is 0.387. The van der Waals surface area contributed by atoms with Gasteiger partial charge in [-0.15, -0.1) is 0 Å². The summed E-state index contributed by atoms with van der Waals surface area (Å²) >= 11 is 0. The largest absolute Gasteiger partial charge is 0.370 e. The van der Waals surface area contributed by atoms with Crippen molar-refractivity contribution in [1.29, 1.82) is 0 Å². The van der Waals surface area contributed by atoms with Crippen LogP contribution in [-0.4, -0.2) is 24.6 Å². The number of anilines is 1. The van der Waals surface area contributed by atoms with Crippen molar-refractivity contribution in [1.82, 2.24) is 10.3 Å². The molecule has 0 saturated carbocycles. The molecule has 0 aromatic carbocycles. The fourth-order valence-electron chi connectivity index (χ4n) is 3.33. The number of nitrogens with zero attached hydrogens (tertiary/aromatic N) is 2. The Morgan fingerprint density at radius 3 is 2.71 bits per heavy atom. The summed E-state index contributed by atoms with van der Waals surface area (Å²) < 4.78 is 0. The third-order valence-corrected chi connectivity index (χ3v) is 4.78. The van der Waals surface area contributed by atoms with Crippen molar-refractivity contribution < 1.29 is 0 Å². The first-order valence-corrected chi connectivity index (χ1v) is 8.72. The maximum atomic E-state index is 4.71. The van der Waals surface area contributed by atoms with E-state index >= 15 is 0 Å². The van der Waals surface area contributed by atoms with Crippen molar-refractivity contribution in [3.8, 4) is 0 Å². The van der Waals surface area contributed by atoms with Crippen molar-refractivity contribution in [2.24, 2.45) is 5.92 Å². The van der Waals surface area contributed by atoms with E-state index in [1.165, 1.54) is 50.2 Å². The molecule has 3 heteroatoms. The Balaban J connectivity index is 2.01. The number of nitrogens with one attached hydrogen (secondary N) is 1. The normalized spacial score (nSPS) is 21.1. The fourth-order valence-corrected chi connectivity index (χ4v) is 3.33. The van der Waals surface area contributed by atoms with Crippen LogP contribution in [0.3, 0.4) is 0 Å². The highest BCUT2D eigenvalue weighted by molar-refractivity contribution is 5.45. The average molecular weight is 289 g/mol. The van der Waals surface area contributed by atoms with E-state index in [1.807, 2.05) is 0 Å². The predicted octanol–water partition coefficient (Wildman–Crippen LogP) is 4.16. The van der Waals surface area contributed by atoms with Gasteiger partial charge in [-0.2, -0.15) is 0 Å². The van der Waals surface area contributed by atoms with Gasteiger partial charge in [-0.05, 0) is 50.3 Å². The fraction of sp³-hybridized carbons (Fsp3) is 0.722. The highest BCUT2D eigenvalue weighted by atomic mass is 15.1. The molecule has 0 amide bonds. The van der Waals surface area contributed by atoms with Crippen LogP contribution >= 0.6 is 0 Å². The topological polar surface area (TPSA) is 28.2 Å². The quantitative estimate of drug-likeness (QED) is 0.852. The van der Waals surface area contributed by atoms with Crippen LogP contribution in [0.1, 0.15) is 64.6 Å². The molecule has 0 radical (unpaired) electrons. The summed E-state index contributed by atoms with van der Waals surface area (Å²) in [7, 11) is 0. The van der Waals surface area contributed by atoms with Gasteiger partial charge >= 0.3 is 0 Å². The van der Waals surface area contributed by atoms with Crippen LogP contribution in [0.5, 0.6) is 0 Å². The van der Waals surface area contributed by atoms with Gasteiger partial charge in [0.15, 0.2) is 0 Å². The van der Waals surface area contributed by atoms with Crippen LogP contribution < -0.4 is 10.2 Å². The molecule has 0 spiro atoms. The highest BCUT2D eigenvalue weighted by Gasteiger charge is 2.17. The zero-order chi connectivity index (χ0) is 15.1. The summed E-state index contributed by atoms with van der Waals surface area (Å²) in [6, 6.07) is 4.85. The first-order chi connectivity index (χ1) is 10.3. The molecule has 2 rings (SSSR count). The van der Waals surface area contributed by atoms with E-state index in [1.54, 1.807) is 0 Å². The summed E-state index contributed by atoms with van der Waals surface area (Å²) in [6.07, 6.45) is 8.51. The second kappa shape index (κ2) is 8.38. The lowest BCUT2D eigenvalue weighted by Crippen LogP contribution is -2.25. The van der Waals surface area contributed by atoms with Crippen molar-refractivity contribution in [2.75, 3.05) is 24.5 Å². The van der Waals surface area contributed by atoms with Crippen molar-refractivity contribution in [2.45, 2.75) is 58.9 Å². The summed E-state index contributed by atoms with van der Waals surface area (Å²) in [6.45, 7) is 10.0. The monoisotopic (exact) mass is 289 g/mol. The van der Waals surface area contributed by atoms with Crippen LogP contribution in [0.2, 0.25) is 0 Å². The first-order valence-electron chi connectivity index (χ1n) is 8.72. The molecule has 2 unspecified atom stereocenters. The van der Waals surface area contributed by atoms with Gasteiger partial charge in [0.1, 0.15) is 0 Å². The van der Waals surface area contributed by atoms with Gasteiger partial charge in [0.05, 0.1) is 17.6 Å². The Morgan fingerprint density at radius 2 is 2.10 bits per heavy atom. The van der Waals surface area contributed by atoms with E-state index in [2.05, 4.69) is 49.3 Å². The van der Waals surface area contributed by atoms with Gasteiger partial charge in [-0.1, -0.05) is 27.2 Å². The van der Waals surface area contributed by atoms with E-state index < -0.39 is 0 Å². The smallest absolute Gasteiger partial charge is 0.0574 e. The molecular formula is C18H31N3. The van der Waals surface area contributed by atoms with E-state index in [4.69, 9.17) is 4.98 Å². The molecule has 118 valence electrons. The molecule has 1 aromatic heterocycles. The first kappa shape index (κ1) is 16.3. The summed E-state index contributed by atoms with van der Waals surface area (Å²) in [4.78, 5) is 7.22. The van der Waals surface area contributed by atoms with Crippen LogP contribution in [-0.2, 0) is 0 Å². The van der Waals surface area contributed by atoms with Gasteiger partial charge < -0.3 is 10.2 Å². The Morgan fingerprint density at radius 1 is 1.24 bits per heavy atom. The summed E-state index contributed by atoms with van der Waals surface area (Å²) in [5.41, 5.74) is 2.46. The van der Waals surface area contributed by atoms with Crippen LogP contribution in [0, 0.1) is 5.92 Å². The zero-order valence-electron chi connectivity index (χ0n) is 13.9. The lowest BCUT2D eigenvalue weighted by Gasteiger charge is -2.23. The number of hydrogen-bond acceptors (Lipinski definition) is 3. The minimum absolute atomic E-state index is 0.387. The Kier molecular flexibility index (Phi) is 6.50. The molecular weight excluding hydrogens is 258 g/mol. The Bertz CT molecular complexity index is 401. The molecule has 1 N–H and O–H groups in total. The molecule has 3 nitrogen and oxygen atoms in total. The molecule has 21 heavy (non-hydrogen) atoms. The Hall–Kier alpha value is -1.09. The average Bonchev–Trinajstić information content (AvgIpc) is 2.78. The van der Waals surface area contributed by atoms with Crippen molar-refractivity contribution in [3.05, 3.63) is 24.0 Å². The van der Waals surface area contributed by atoms with E-state index in [9.17, 15) is 0 Å². The Labute approximate surface area is 130 Å². The van der Waals surface area contributed by atoms with Crippen LogP contribution in [0.15, 0.2) is 18.3 Å². The molecule has 1 aromatic rings. The maximum absolute atomic E-state index is 4.71. The second-order valence-electron chi connectivity index (χ2n) is 6.15. The SMILES string of the molecule is CCNC(CC)c1ccc(N2CCCC(CC)CC2)cn1. The number of aromatic nitrogens is 1. The molecule has 2 heterocycles. The highest BCUT2D eigenvalue weighted by Crippen LogP contribution is 2.25. The predicted molar refractivity (Wildman–Crippen MR) is 90.8 cm³/mol. The summed E-state index contributed by atoms with van der Waals surface area (Å²) in [5.74, 6) is 0.917. The molecule has 1 saturated heterocycles. The maximum Gasteiger partial charge on any atom is 0.0574 e. The molecule has 2 atom stereocenters. The lowest BCUT2D eigenvalue weighted by atomic mass is 9.98. The van der Waals surface area contributed by atoms with Gasteiger partial charge in [-0.3, -0.25) is 4.98 Å². The van der Waals surface area contributed by atoms with Gasteiger partial charge in [0, 0.05) is 19.1 Å². The number of rotatable bonds is 6. The molecule has 1 aliphatic rings. The van der Waals surface area contributed by atoms with E-state index in [-0.39, 0.29) is 0 Å². The third kappa shape index (κ3) is 4.44. The van der Waals surface area contributed by atoms with Crippen molar-refractivity contribution in [3.63, 3.8) is 0 Å². The minimum Gasteiger partial charge on any atom is -0.370 e. The van der Waals surface area contributed by atoms with Crippen molar-refractivity contribution >= 4 is 5.69 Å². The molecule has 1 fully saturated rings. The van der Waals surface area contributed by atoms with E-state index in [0.29, 0.717) is 6.04 Å².